The van der Waals surface area contributed by atoms with E-state index in [2.05, 4.69) is 31.4 Å². The summed E-state index contributed by atoms with van der Waals surface area (Å²) in [5.41, 5.74) is 0. The summed E-state index contributed by atoms with van der Waals surface area (Å²) in [6.45, 7) is 19.7. The summed E-state index contributed by atoms with van der Waals surface area (Å²) in [5, 5.41) is 4.69. The molecule has 20 heavy (non-hydrogen) atoms. The second kappa shape index (κ2) is 13.6. The zero-order valence-corrected chi connectivity index (χ0v) is 14.0. The lowest BCUT2D eigenvalue weighted by Crippen LogP contribution is -2.22. The first-order valence-corrected chi connectivity index (χ1v) is 7.62. The molecule has 0 unspecified atom stereocenters. The molecule has 0 saturated carbocycles. The number of fused-ring (bicyclic) bond motifs is 1. The maximum Gasteiger partial charge on any atom is -0.0106 e. The number of rotatable bonds is 1. The van der Waals surface area contributed by atoms with Crippen LogP contribution < -0.4 is 10.4 Å². The predicted octanol–water partition coefficient (Wildman–Crippen LogP) is 5.30. The molecule has 2 aromatic carbocycles. The first kappa shape index (κ1) is 20.5. The Kier molecular flexibility index (Phi) is 13.9. The molecule has 0 amide bonds. The van der Waals surface area contributed by atoms with Crippen molar-refractivity contribution in [3.05, 3.63) is 59.5 Å². The molecule has 2 aromatic rings. The topological polar surface area (TPSA) is 0 Å². The molecule has 0 bridgehead atoms. The van der Waals surface area contributed by atoms with Crippen molar-refractivity contribution in [1.82, 2.24) is 0 Å². The Morgan fingerprint density at radius 1 is 0.800 bits per heavy atom. The van der Waals surface area contributed by atoms with Gasteiger partial charge in [0.1, 0.15) is 0 Å². The highest BCUT2D eigenvalue weighted by atomic mass is 14.0. The van der Waals surface area contributed by atoms with E-state index in [0.717, 1.165) is 10.4 Å². The second-order valence-electron chi connectivity index (χ2n) is 3.26. The van der Waals surface area contributed by atoms with E-state index in [4.69, 9.17) is 0 Å². The van der Waals surface area contributed by atoms with Crippen LogP contribution in [0.15, 0.2) is 49.1 Å². The van der Waals surface area contributed by atoms with Crippen LogP contribution in [0.1, 0.15) is 41.5 Å². The van der Waals surface area contributed by atoms with Crippen molar-refractivity contribution in [1.29, 1.82) is 0 Å². The number of allylic oxidation sites excluding steroid dienone is 1. The van der Waals surface area contributed by atoms with E-state index in [1.165, 1.54) is 10.8 Å². The lowest BCUT2D eigenvalue weighted by atomic mass is 10.1. The Labute approximate surface area is 125 Å². The average Bonchev–Trinajstić information content (AvgIpc) is 2.56. The highest BCUT2D eigenvalue weighted by Gasteiger charge is 1.92. The first-order chi connectivity index (χ1) is 9.83. The van der Waals surface area contributed by atoms with Crippen molar-refractivity contribution in [2.45, 2.75) is 41.5 Å². The average molecular weight is 270 g/mol. The normalized spacial score (nSPS) is 9.20. The summed E-state index contributed by atoms with van der Waals surface area (Å²) in [7, 11) is 0. The van der Waals surface area contributed by atoms with Crippen LogP contribution in [0.25, 0.3) is 23.4 Å². The van der Waals surface area contributed by atoms with Gasteiger partial charge in [0, 0.05) is 0 Å². The second-order valence-corrected chi connectivity index (χ2v) is 3.26. The van der Waals surface area contributed by atoms with Gasteiger partial charge in [0.25, 0.3) is 0 Å². The fourth-order valence-electron chi connectivity index (χ4n) is 1.66. The molecule has 0 spiro atoms. The van der Waals surface area contributed by atoms with E-state index >= 15 is 0 Å². The monoisotopic (exact) mass is 270 g/mol. The van der Waals surface area contributed by atoms with Gasteiger partial charge >= 0.3 is 0 Å². The van der Waals surface area contributed by atoms with Gasteiger partial charge in [-0.1, -0.05) is 103 Å². The van der Waals surface area contributed by atoms with E-state index in [1.54, 1.807) is 6.08 Å². The molecule has 0 nitrogen and oxygen atoms in total. The Morgan fingerprint density at radius 2 is 1.35 bits per heavy atom. The van der Waals surface area contributed by atoms with Crippen molar-refractivity contribution in [3.63, 3.8) is 0 Å². The Balaban J connectivity index is 0. The minimum atomic E-state index is 1.05. The minimum Gasteiger partial charge on any atom is -0.0990 e. The van der Waals surface area contributed by atoms with E-state index in [-0.39, 0.29) is 0 Å². The molecule has 0 N–H and O–H groups in total. The molecule has 0 heterocycles. The fraction of sp³-hybridized carbons (Fsp3) is 0.300. The van der Waals surface area contributed by atoms with Crippen LogP contribution in [0.2, 0.25) is 0 Å². The molecule has 0 saturated heterocycles. The van der Waals surface area contributed by atoms with Gasteiger partial charge in [0.05, 0.1) is 0 Å². The van der Waals surface area contributed by atoms with Crippen LogP contribution in [0.4, 0.5) is 0 Å². The smallest absolute Gasteiger partial charge is 0.0106 e. The van der Waals surface area contributed by atoms with Gasteiger partial charge in [0.2, 0.25) is 0 Å². The Hall–Kier alpha value is -1.82. The van der Waals surface area contributed by atoms with E-state index < -0.39 is 0 Å². The van der Waals surface area contributed by atoms with Crippen LogP contribution in [-0.4, -0.2) is 0 Å². The molecule has 0 atom stereocenters. The SMILES string of the molecule is C=C/C=c1\c(=C)ccc2ccccc12.CC.CC.CC. The molecule has 0 radical (unpaired) electrons. The molecular weight excluding hydrogens is 240 g/mol. The summed E-state index contributed by atoms with van der Waals surface area (Å²) in [5.74, 6) is 0. The largest absolute Gasteiger partial charge is 0.0990 e. The number of benzene rings is 2. The molecule has 110 valence electrons. The highest BCUT2D eigenvalue weighted by Crippen LogP contribution is 2.06. The third-order valence-electron chi connectivity index (χ3n) is 2.35. The summed E-state index contributed by atoms with van der Waals surface area (Å²) < 4.78 is 0. The summed E-state index contributed by atoms with van der Waals surface area (Å²) >= 11 is 0. The van der Waals surface area contributed by atoms with Crippen LogP contribution in [0, 0.1) is 0 Å². The quantitative estimate of drug-likeness (QED) is 0.660. The third kappa shape index (κ3) is 5.88. The first-order valence-electron chi connectivity index (χ1n) is 7.62. The number of hydrogen-bond acceptors (Lipinski definition) is 0. The van der Waals surface area contributed by atoms with Gasteiger partial charge in [0.15, 0.2) is 0 Å². The lowest BCUT2D eigenvalue weighted by molar-refractivity contribution is 1.50. The molecule has 0 heteroatoms. The van der Waals surface area contributed by atoms with Gasteiger partial charge in [-0.05, 0) is 21.2 Å². The summed E-state index contributed by atoms with van der Waals surface area (Å²) in [6, 6.07) is 12.4. The maximum atomic E-state index is 4.01. The van der Waals surface area contributed by atoms with Gasteiger partial charge in [-0.3, -0.25) is 0 Å². The summed E-state index contributed by atoms with van der Waals surface area (Å²) in [6.07, 6.45) is 3.81. The standard InChI is InChI=1S/C14H12.3C2H6/c1-3-6-13-11(2)9-10-12-7-4-5-8-14(12)13;3*1-2/h3-10H,1-2H2;3*1-2H3/b13-6+;;;. The van der Waals surface area contributed by atoms with Crippen LogP contribution in [-0.2, 0) is 0 Å². The molecule has 2 rings (SSSR count). The van der Waals surface area contributed by atoms with E-state index in [9.17, 15) is 0 Å². The predicted molar refractivity (Wildman–Crippen MR) is 97.4 cm³/mol. The highest BCUT2D eigenvalue weighted by molar-refractivity contribution is 5.84. The molecule has 0 aromatic heterocycles. The van der Waals surface area contributed by atoms with E-state index in [0.29, 0.717) is 0 Å². The van der Waals surface area contributed by atoms with Crippen LogP contribution in [0.5, 0.6) is 0 Å². The Morgan fingerprint density at radius 3 is 1.90 bits per heavy atom. The molecule has 0 fully saturated rings. The van der Waals surface area contributed by atoms with Crippen LogP contribution in [0.3, 0.4) is 0 Å². The minimum absolute atomic E-state index is 1.05. The molecule has 0 aliphatic heterocycles. The molecule has 0 aliphatic rings. The van der Waals surface area contributed by atoms with Crippen molar-refractivity contribution in [2.75, 3.05) is 0 Å². The van der Waals surface area contributed by atoms with Gasteiger partial charge < -0.3 is 0 Å². The maximum absolute atomic E-state index is 4.01. The summed E-state index contributed by atoms with van der Waals surface area (Å²) in [4.78, 5) is 0. The zero-order chi connectivity index (χ0) is 16.0. The third-order valence-corrected chi connectivity index (χ3v) is 2.35. The van der Waals surface area contributed by atoms with Gasteiger partial charge in [-0.2, -0.15) is 0 Å². The Bertz CT molecular complexity index is 577. The number of hydrogen-bond donors (Lipinski definition) is 0. The van der Waals surface area contributed by atoms with E-state index in [1.807, 2.05) is 65.8 Å². The molecular formula is C20H30. The van der Waals surface area contributed by atoms with Gasteiger partial charge in [-0.15, -0.1) is 0 Å². The lowest BCUT2D eigenvalue weighted by Gasteiger charge is -1.98. The van der Waals surface area contributed by atoms with Crippen molar-refractivity contribution < 1.29 is 0 Å². The molecule has 0 aliphatic carbocycles. The zero-order valence-electron chi connectivity index (χ0n) is 14.0. The van der Waals surface area contributed by atoms with Gasteiger partial charge in [-0.25, -0.2) is 0 Å². The van der Waals surface area contributed by atoms with Crippen molar-refractivity contribution >= 4 is 23.4 Å². The van der Waals surface area contributed by atoms with Crippen molar-refractivity contribution in [2.24, 2.45) is 0 Å². The fourth-order valence-corrected chi connectivity index (χ4v) is 1.66. The van der Waals surface area contributed by atoms with Crippen molar-refractivity contribution in [3.8, 4) is 0 Å². The van der Waals surface area contributed by atoms with Crippen LogP contribution >= 0.6 is 0 Å².